The van der Waals surface area contributed by atoms with Crippen molar-refractivity contribution in [3.63, 3.8) is 0 Å². The van der Waals surface area contributed by atoms with Gasteiger partial charge in [0.1, 0.15) is 0 Å². The minimum Gasteiger partial charge on any atom is -0.414 e. The first kappa shape index (κ1) is 22.0. The highest BCUT2D eigenvalue weighted by molar-refractivity contribution is 8.05. The fourth-order valence-electron chi connectivity index (χ4n) is 4.09. The van der Waals surface area contributed by atoms with E-state index in [-0.39, 0.29) is 11.4 Å². The van der Waals surface area contributed by atoms with Crippen molar-refractivity contribution < 1.29 is 13.0 Å². The van der Waals surface area contributed by atoms with Gasteiger partial charge >= 0.3 is 17.1 Å². The molecule has 3 nitrogen and oxygen atoms in total. The fourth-order valence-corrected chi connectivity index (χ4v) is 17.1. The molecule has 0 bridgehead atoms. The highest BCUT2D eigenvalue weighted by Crippen LogP contribution is 2.51. The number of thioether (sulfide) groups is 1. The predicted octanol–water partition coefficient (Wildman–Crippen LogP) is 6.53. The first-order chi connectivity index (χ1) is 11.5. The van der Waals surface area contributed by atoms with E-state index in [1.165, 1.54) is 0 Å². The van der Waals surface area contributed by atoms with Crippen molar-refractivity contribution in [3.8, 4) is 0 Å². The normalized spacial score (nSPS) is 29.5. The van der Waals surface area contributed by atoms with E-state index in [9.17, 15) is 0 Å². The summed E-state index contributed by atoms with van der Waals surface area (Å²) in [4.78, 5) is 0. The van der Waals surface area contributed by atoms with E-state index < -0.39 is 17.1 Å². The van der Waals surface area contributed by atoms with E-state index in [0.29, 0.717) is 28.8 Å². The Morgan fingerprint density at radius 1 is 0.920 bits per heavy atom. The summed E-state index contributed by atoms with van der Waals surface area (Å²) in [6, 6.07) is 0. The van der Waals surface area contributed by atoms with Gasteiger partial charge in [0.2, 0.25) is 0 Å². The molecule has 0 N–H and O–H groups in total. The average Bonchev–Trinajstić information content (AvgIpc) is 2.73. The molecule has 0 spiro atoms. The quantitative estimate of drug-likeness (QED) is 0.481. The molecule has 0 aromatic heterocycles. The van der Waals surface area contributed by atoms with E-state index in [4.69, 9.17) is 24.6 Å². The van der Waals surface area contributed by atoms with Crippen molar-refractivity contribution in [2.75, 3.05) is 6.61 Å². The summed E-state index contributed by atoms with van der Waals surface area (Å²) in [5.74, 6) is 0. The van der Waals surface area contributed by atoms with Gasteiger partial charge in [0.25, 0.3) is 0 Å². The Bertz CT molecular complexity index is 506. The predicted molar refractivity (Wildman–Crippen MR) is 114 cm³/mol. The molecule has 0 unspecified atom stereocenters. The first-order valence-corrected chi connectivity index (χ1v) is 14.7. The van der Waals surface area contributed by atoms with Crippen molar-refractivity contribution in [2.24, 2.45) is 0 Å². The zero-order chi connectivity index (χ0) is 19.2. The lowest BCUT2D eigenvalue weighted by Crippen LogP contribution is -2.64. The lowest BCUT2D eigenvalue weighted by molar-refractivity contribution is 0.0894. The molecule has 7 heteroatoms. The van der Waals surface area contributed by atoms with Crippen LogP contribution in [0.4, 0.5) is 0 Å². The molecule has 2 rings (SSSR count). The fraction of sp³-hybridized carbons (Fsp3) is 0.889. The number of rotatable bonds is 4. The van der Waals surface area contributed by atoms with Gasteiger partial charge in [0.05, 0.1) is 22.3 Å². The highest BCUT2D eigenvalue weighted by atomic mass is 35.5. The molecule has 0 aromatic carbocycles. The standard InChI is InChI=1S/C18H35ClO3SSi2/c1-11(2)24(12(3)4)20-10-16-17(15(9)18(19)23-16)21-25(22-24,13(5)6)14(7)8/h11-14,16-17H,10H2,1-9H3/t16-,17+/m1/s1. The summed E-state index contributed by atoms with van der Waals surface area (Å²) in [5.41, 5.74) is 2.62. The second kappa shape index (κ2) is 7.97. The largest absolute Gasteiger partial charge is 0.414 e. The SMILES string of the molecule is CC1=C(Cl)S[C@@H]2CO[Si](C(C)C)(C(C)C)O[Si](C(C)C)(C(C)C)O[C@@H]12. The molecule has 2 aliphatic heterocycles. The Morgan fingerprint density at radius 3 is 1.84 bits per heavy atom. The Kier molecular flexibility index (Phi) is 7.01. The van der Waals surface area contributed by atoms with Gasteiger partial charge in [0.15, 0.2) is 0 Å². The molecule has 0 aromatic rings. The zero-order valence-corrected chi connectivity index (χ0v) is 20.8. The zero-order valence-electron chi connectivity index (χ0n) is 17.2. The van der Waals surface area contributed by atoms with E-state index in [1.807, 2.05) is 0 Å². The second-order valence-corrected chi connectivity index (χ2v) is 19.3. The van der Waals surface area contributed by atoms with Gasteiger partial charge in [-0.05, 0) is 34.7 Å². The maximum absolute atomic E-state index is 7.16. The number of hydrogen-bond acceptors (Lipinski definition) is 4. The summed E-state index contributed by atoms with van der Waals surface area (Å²) < 4.78 is 21.7. The summed E-state index contributed by atoms with van der Waals surface area (Å²) >= 11 is 8.20. The summed E-state index contributed by atoms with van der Waals surface area (Å²) in [6.45, 7) is 20.8. The average molecular weight is 423 g/mol. The summed E-state index contributed by atoms with van der Waals surface area (Å²) in [7, 11) is -4.93. The number of hydrogen-bond donors (Lipinski definition) is 0. The maximum Gasteiger partial charge on any atom is 0.335 e. The molecule has 2 atom stereocenters. The van der Waals surface area contributed by atoms with E-state index >= 15 is 0 Å². The smallest absolute Gasteiger partial charge is 0.335 e. The molecule has 2 aliphatic rings. The van der Waals surface area contributed by atoms with E-state index in [0.717, 1.165) is 9.94 Å². The van der Waals surface area contributed by atoms with Crippen molar-refractivity contribution in [3.05, 3.63) is 9.94 Å². The molecule has 1 saturated heterocycles. The van der Waals surface area contributed by atoms with Gasteiger partial charge in [-0.1, -0.05) is 67.0 Å². The Labute approximate surface area is 165 Å². The lowest BCUT2D eigenvalue weighted by atomic mass is 10.1. The third-order valence-electron chi connectivity index (χ3n) is 5.65. The van der Waals surface area contributed by atoms with Crippen LogP contribution in [0.25, 0.3) is 0 Å². The molecule has 1 fully saturated rings. The van der Waals surface area contributed by atoms with Crippen LogP contribution in [0.5, 0.6) is 0 Å². The van der Waals surface area contributed by atoms with Crippen LogP contribution >= 0.6 is 23.4 Å². The van der Waals surface area contributed by atoms with Gasteiger partial charge < -0.3 is 13.0 Å². The van der Waals surface area contributed by atoms with Gasteiger partial charge in [0, 0.05) is 0 Å². The van der Waals surface area contributed by atoms with Gasteiger partial charge in [-0.15, -0.1) is 11.8 Å². The third-order valence-corrected chi connectivity index (χ3v) is 17.7. The van der Waals surface area contributed by atoms with Crippen LogP contribution in [0.2, 0.25) is 22.2 Å². The second-order valence-electron chi connectivity index (χ2n) is 8.63. The Morgan fingerprint density at radius 2 is 1.40 bits per heavy atom. The van der Waals surface area contributed by atoms with Crippen molar-refractivity contribution in [1.29, 1.82) is 0 Å². The van der Waals surface area contributed by atoms with Crippen LogP contribution in [0.15, 0.2) is 9.94 Å². The molecule has 0 aliphatic carbocycles. The first-order valence-electron chi connectivity index (χ1n) is 9.52. The molecular formula is C18H35ClO3SSi2. The van der Waals surface area contributed by atoms with E-state index in [2.05, 4.69) is 62.3 Å². The number of halogens is 1. The van der Waals surface area contributed by atoms with Gasteiger partial charge in [-0.25, -0.2) is 0 Å². The van der Waals surface area contributed by atoms with E-state index in [1.54, 1.807) is 11.8 Å². The van der Waals surface area contributed by atoms with Crippen LogP contribution in [-0.2, 0) is 13.0 Å². The molecule has 0 radical (unpaired) electrons. The highest BCUT2D eigenvalue weighted by Gasteiger charge is 2.59. The van der Waals surface area contributed by atoms with Gasteiger partial charge in [-0.3, -0.25) is 0 Å². The van der Waals surface area contributed by atoms with Crippen LogP contribution in [0, 0.1) is 0 Å². The maximum atomic E-state index is 7.16. The van der Waals surface area contributed by atoms with Crippen molar-refractivity contribution in [2.45, 2.75) is 95.8 Å². The van der Waals surface area contributed by atoms with Gasteiger partial charge in [-0.2, -0.15) is 0 Å². The van der Waals surface area contributed by atoms with Crippen molar-refractivity contribution in [1.82, 2.24) is 0 Å². The van der Waals surface area contributed by atoms with Crippen molar-refractivity contribution >= 4 is 40.5 Å². The number of fused-ring (bicyclic) bond motifs is 1. The monoisotopic (exact) mass is 422 g/mol. The molecule has 25 heavy (non-hydrogen) atoms. The molecule has 146 valence electrons. The lowest BCUT2D eigenvalue weighted by Gasteiger charge is -2.51. The van der Waals surface area contributed by atoms with Crippen LogP contribution in [0.1, 0.15) is 62.3 Å². The topological polar surface area (TPSA) is 27.7 Å². The molecule has 0 saturated carbocycles. The van der Waals surface area contributed by atoms with Crippen LogP contribution in [-0.4, -0.2) is 35.1 Å². The van der Waals surface area contributed by atoms with Crippen LogP contribution in [0.3, 0.4) is 0 Å². The summed E-state index contributed by atoms with van der Waals surface area (Å²) in [6.07, 6.45) is 0.0142. The third kappa shape index (κ3) is 3.82. The minimum atomic E-state index is -2.51. The minimum absolute atomic E-state index is 0.0142. The molecule has 2 heterocycles. The Hall–Kier alpha value is 0.694. The molecule has 0 amide bonds. The molecular weight excluding hydrogens is 388 g/mol. The Balaban J connectivity index is 2.56. The summed E-state index contributed by atoms with van der Waals surface area (Å²) in [5, 5.41) is 0.241. The van der Waals surface area contributed by atoms with Crippen LogP contribution < -0.4 is 0 Å².